The summed E-state index contributed by atoms with van der Waals surface area (Å²) in [5.74, 6) is -1.32. The Labute approximate surface area is 195 Å². The molecule has 34 heavy (non-hydrogen) atoms. The van der Waals surface area contributed by atoms with Gasteiger partial charge in [0.2, 0.25) is 5.91 Å². The number of hydrogen-bond acceptors (Lipinski definition) is 7. The van der Waals surface area contributed by atoms with Crippen LogP contribution in [-0.2, 0) is 14.4 Å². The van der Waals surface area contributed by atoms with Crippen molar-refractivity contribution < 1.29 is 24.1 Å². The molecule has 9 heteroatoms. The molecule has 3 unspecified atom stereocenters. The third-order valence-electron chi connectivity index (χ3n) is 5.98. The van der Waals surface area contributed by atoms with Crippen molar-refractivity contribution in [3.05, 3.63) is 94.5 Å². The highest BCUT2D eigenvalue weighted by Crippen LogP contribution is 2.49. The lowest BCUT2D eigenvalue weighted by molar-refractivity contribution is -0.385. The number of rotatable bonds is 6. The van der Waals surface area contributed by atoms with Crippen LogP contribution in [0.5, 0.6) is 5.75 Å². The number of anilines is 2. The van der Waals surface area contributed by atoms with E-state index < -0.39 is 34.8 Å². The predicted octanol–water partition coefficient (Wildman–Crippen LogP) is 4.04. The molecular formula is C25H21N3O6. The monoisotopic (exact) mass is 459 g/mol. The molecule has 2 heterocycles. The molecule has 0 aromatic heterocycles. The molecule has 2 aliphatic rings. The van der Waals surface area contributed by atoms with Gasteiger partial charge in [-0.1, -0.05) is 30.3 Å². The van der Waals surface area contributed by atoms with Gasteiger partial charge in [0.1, 0.15) is 17.7 Å². The van der Waals surface area contributed by atoms with E-state index in [9.17, 15) is 19.7 Å². The van der Waals surface area contributed by atoms with Crippen molar-refractivity contribution in [3.63, 3.8) is 0 Å². The largest absolute Gasteiger partial charge is 0.494 e. The molecule has 3 aromatic rings. The number of carbonyl (C=O) groups excluding carboxylic acids is 2. The average Bonchev–Trinajstić information content (AvgIpc) is 3.36. The Morgan fingerprint density at radius 1 is 0.912 bits per heavy atom. The SMILES string of the molecule is CCOc1ccc(N2C(=O)C3ON(c4ccccc4)C(c4ccccc4[N+](=O)[O-])C3C2=O)cc1. The second kappa shape index (κ2) is 8.60. The molecule has 0 bridgehead atoms. The Hall–Kier alpha value is -4.24. The van der Waals surface area contributed by atoms with Crippen LogP contribution in [0.2, 0.25) is 0 Å². The van der Waals surface area contributed by atoms with E-state index in [-0.39, 0.29) is 5.69 Å². The van der Waals surface area contributed by atoms with Crippen LogP contribution in [0, 0.1) is 16.0 Å². The zero-order valence-electron chi connectivity index (χ0n) is 18.2. The fourth-order valence-corrected chi connectivity index (χ4v) is 4.55. The van der Waals surface area contributed by atoms with E-state index in [4.69, 9.17) is 9.57 Å². The van der Waals surface area contributed by atoms with Gasteiger partial charge in [0.15, 0.2) is 6.10 Å². The van der Waals surface area contributed by atoms with Gasteiger partial charge in [0, 0.05) is 6.07 Å². The molecule has 0 radical (unpaired) electrons. The lowest BCUT2D eigenvalue weighted by atomic mass is 9.89. The highest BCUT2D eigenvalue weighted by atomic mass is 16.7. The molecule has 0 spiro atoms. The van der Waals surface area contributed by atoms with Crippen molar-refractivity contribution in [2.75, 3.05) is 16.6 Å². The van der Waals surface area contributed by atoms with Crippen molar-refractivity contribution in [2.24, 2.45) is 5.92 Å². The van der Waals surface area contributed by atoms with Gasteiger partial charge in [-0.15, -0.1) is 0 Å². The van der Waals surface area contributed by atoms with Gasteiger partial charge in [0.05, 0.1) is 28.5 Å². The topological polar surface area (TPSA) is 102 Å². The fraction of sp³-hybridized carbons (Fsp3) is 0.200. The number of hydrogen-bond donors (Lipinski definition) is 0. The molecule has 3 aromatic carbocycles. The molecule has 0 aliphatic carbocycles. The smallest absolute Gasteiger partial charge is 0.274 e. The molecule has 2 amide bonds. The minimum atomic E-state index is -1.11. The Bertz CT molecular complexity index is 1250. The first-order chi connectivity index (χ1) is 16.5. The molecule has 0 saturated carbocycles. The van der Waals surface area contributed by atoms with Crippen LogP contribution in [0.1, 0.15) is 18.5 Å². The standard InChI is InChI=1S/C25H21N3O6/c1-2-33-18-14-12-16(13-15-18)26-24(29)21-22(19-10-6-7-11-20(19)28(31)32)27(34-23(21)25(26)30)17-8-4-3-5-9-17/h3-15,21-23H,2H2,1H3. The normalized spacial score (nSPS) is 21.6. The molecule has 172 valence electrons. The Morgan fingerprint density at radius 3 is 2.26 bits per heavy atom. The number of para-hydroxylation sites is 2. The van der Waals surface area contributed by atoms with Crippen LogP contribution in [-0.4, -0.2) is 29.4 Å². The van der Waals surface area contributed by atoms with E-state index in [0.717, 1.165) is 4.90 Å². The first-order valence-electron chi connectivity index (χ1n) is 10.9. The van der Waals surface area contributed by atoms with E-state index >= 15 is 0 Å². The number of benzene rings is 3. The lowest BCUT2D eigenvalue weighted by Crippen LogP contribution is -2.37. The van der Waals surface area contributed by atoms with Gasteiger partial charge in [-0.25, -0.2) is 9.96 Å². The maximum absolute atomic E-state index is 13.6. The quantitative estimate of drug-likeness (QED) is 0.311. The van der Waals surface area contributed by atoms with E-state index in [1.54, 1.807) is 66.7 Å². The van der Waals surface area contributed by atoms with E-state index in [1.165, 1.54) is 11.1 Å². The molecule has 0 N–H and O–H groups in total. The van der Waals surface area contributed by atoms with Crippen molar-refractivity contribution >= 4 is 28.9 Å². The fourth-order valence-electron chi connectivity index (χ4n) is 4.55. The van der Waals surface area contributed by atoms with Crippen LogP contribution in [0.25, 0.3) is 0 Å². The van der Waals surface area contributed by atoms with Gasteiger partial charge in [0.25, 0.3) is 11.6 Å². The summed E-state index contributed by atoms with van der Waals surface area (Å²) in [5, 5.41) is 13.3. The number of carbonyl (C=O) groups is 2. The third kappa shape index (κ3) is 3.46. The first-order valence-corrected chi connectivity index (χ1v) is 10.9. The number of fused-ring (bicyclic) bond motifs is 1. The number of ether oxygens (including phenoxy) is 1. The van der Waals surface area contributed by atoms with Crippen LogP contribution >= 0.6 is 0 Å². The number of nitrogens with zero attached hydrogens (tertiary/aromatic N) is 3. The molecular weight excluding hydrogens is 438 g/mol. The van der Waals surface area contributed by atoms with Crippen molar-refractivity contribution in [2.45, 2.75) is 19.1 Å². The molecule has 2 fully saturated rings. The number of nitro benzene ring substituents is 1. The number of imide groups is 1. The maximum atomic E-state index is 13.6. The first kappa shape index (κ1) is 21.6. The number of hydroxylamine groups is 1. The molecule has 9 nitrogen and oxygen atoms in total. The van der Waals surface area contributed by atoms with Crippen molar-refractivity contribution in [1.29, 1.82) is 0 Å². The third-order valence-corrected chi connectivity index (χ3v) is 5.98. The minimum Gasteiger partial charge on any atom is -0.494 e. The van der Waals surface area contributed by atoms with E-state index in [1.807, 2.05) is 13.0 Å². The number of amides is 2. The van der Waals surface area contributed by atoms with Crippen molar-refractivity contribution in [1.82, 2.24) is 0 Å². The highest BCUT2D eigenvalue weighted by Gasteiger charge is 2.61. The van der Waals surface area contributed by atoms with Crippen molar-refractivity contribution in [3.8, 4) is 5.75 Å². The predicted molar refractivity (Wildman–Crippen MR) is 123 cm³/mol. The summed E-state index contributed by atoms with van der Waals surface area (Å²) in [7, 11) is 0. The minimum absolute atomic E-state index is 0.141. The molecule has 5 rings (SSSR count). The summed E-state index contributed by atoms with van der Waals surface area (Å²) in [6.07, 6.45) is -1.11. The highest BCUT2D eigenvalue weighted by molar-refractivity contribution is 6.24. The zero-order chi connectivity index (χ0) is 23.8. The van der Waals surface area contributed by atoms with Gasteiger partial charge in [-0.05, 0) is 49.4 Å². The lowest BCUT2D eigenvalue weighted by Gasteiger charge is -2.28. The summed E-state index contributed by atoms with van der Waals surface area (Å²) >= 11 is 0. The van der Waals surface area contributed by atoms with Gasteiger partial charge >= 0.3 is 0 Å². The molecule has 3 atom stereocenters. The zero-order valence-corrected chi connectivity index (χ0v) is 18.2. The van der Waals surface area contributed by atoms with Crippen LogP contribution < -0.4 is 14.7 Å². The molecule has 2 saturated heterocycles. The average molecular weight is 459 g/mol. The summed E-state index contributed by atoms with van der Waals surface area (Å²) < 4.78 is 5.44. The van der Waals surface area contributed by atoms with Gasteiger partial charge < -0.3 is 4.74 Å². The summed E-state index contributed by atoms with van der Waals surface area (Å²) in [6, 6.07) is 20.9. The van der Waals surface area contributed by atoms with Crippen LogP contribution in [0.3, 0.4) is 0 Å². The van der Waals surface area contributed by atoms with Gasteiger partial charge in [-0.2, -0.15) is 0 Å². The Morgan fingerprint density at radius 2 is 1.59 bits per heavy atom. The van der Waals surface area contributed by atoms with Crippen LogP contribution in [0.15, 0.2) is 78.9 Å². The Balaban J connectivity index is 1.58. The van der Waals surface area contributed by atoms with E-state index in [0.29, 0.717) is 29.3 Å². The van der Waals surface area contributed by atoms with Gasteiger partial charge in [-0.3, -0.25) is 24.5 Å². The maximum Gasteiger partial charge on any atom is 0.274 e. The summed E-state index contributed by atoms with van der Waals surface area (Å²) in [6.45, 7) is 2.35. The molecule has 2 aliphatic heterocycles. The summed E-state index contributed by atoms with van der Waals surface area (Å²) in [4.78, 5) is 45.5. The second-order valence-electron chi connectivity index (χ2n) is 7.91. The Kier molecular flexibility index (Phi) is 5.46. The number of nitro groups is 1. The second-order valence-corrected chi connectivity index (χ2v) is 7.91. The summed E-state index contributed by atoms with van der Waals surface area (Å²) in [5.41, 5.74) is 1.15. The van der Waals surface area contributed by atoms with Crippen LogP contribution in [0.4, 0.5) is 17.1 Å². The van der Waals surface area contributed by atoms with E-state index in [2.05, 4.69) is 0 Å².